The molecule has 0 saturated carbocycles. The zero-order valence-electron chi connectivity index (χ0n) is 9.93. The highest BCUT2D eigenvalue weighted by Crippen LogP contribution is 2.17. The van der Waals surface area contributed by atoms with E-state index in [-0.39, 0.29) is 6.03 Å². The van der Waals surface area contributed by atoms with Crippen LogP contribution in [0, 0.1) is 0 Å². The van der Waals surface area contributed by atoms with Crippen LogP contribution in [0.2, 0.25) is 0 Å². The summed E-state index contributed by atoms with van der Waals surface area (Å²) in [6.45, 7) is 0.969. The molecule has 2 heterocycles. The van der Waals surface area contributed by atoms with Crippen molar-refractivity contribution >= 4 is 12.0 Å². The first-order valence-corrected chi connectivity index (χ1v) is 5.93. The number of aliphatic carboxylic acids is 1. The Balaban J connectivity index is 1.79. The minimum atomic E-state index is -0.934. The summed E-state index contributed by atoms with van der Waals surface area (Å²) in [4.78, 5) is 31.0. The van der Waals surface area contributed by atoms with Crippen LogP contribution in [0.25, 0.3) is 0 Å². The highest BCUT2D eigenvalue weighted by atomic mass is 16.4. The lowest BCUT2D eigenvalue weighted by Gasteiger charge is -2.21. The van der Waals surface area contributed by atoms with E-state index in [2.05, 4.69) is 15.3 Å². The van der Waals surface area contributed by atoms with Gasteiger partial charge in [-0.2, -0.15) is 0 Å². The van der Waals surface area contributed by atoms with Crippen LogP contribution in [0.15, 0.2) is 12.5 Å². The number of carboxylic acids is 1. The van der Waals surface area contributed by atoms with Gasteiger partial charge in [-0.15, -0.1) is 0 Å². The van der Waals surface area contributed by atoms with Gasteiger partial charge in [-0.3, -0.25) is 0 Å². The van der Waals surface area contributed by atoms with Crippen LogP contribution >= 0.6 is 0 Å². The SMILES string of the molecule is O=C(O)[C@H]1CCCN1C(=O)NCCc1cnc[nH]1. The van der Waals surface area contributed by atoms with Gasteiger partial charge in [-0.05, 0) is 12.8 Å². The number of aromatic amines is 1. The van der Waals surface area contributed by atoms with Crippen molar-refractivity contribution < 1.29 is 14.7 Å². The number of likely N-dealkylation sites (tertiary alicyclic amines) is 1. The second-order valence-corrected chi connectivity index (χ2v) is 4.25. The Morgan fingerprint density at radius 2 is 2.44 bits per heavy atom. The molecule has 1 atom stereocenters. The lowest BCUT2D eigenvalue weighted by atomic mass is 10.2. The number of hydrogen-bond acceptors (Lipinski definition) is 3. The Bertz CT molecular complexity index is 418. The standard InChI is InChI=1S/C11H16N4O3/c16-10(17)9-2-1-5-15(9)11(18)13-4-3-8-6-12-7-14-8/h6-7,9H,1-5H2,(H,12,14)(H,13,18)(H,16,17)/t9-/m1/s1. The number of nitrogens with zero attached hydrogens (tertiary/aromatic N) is 2. The van der Waals surface area contributed by atoms with E-state index in [0.717, 1.165) is 12.1 Å². The van der Waals surface area contributed by atoms with Crippen molar-refractivity contribution in [2.45, 2.75) is 25.3 Å². The van der Waals surface area contributed by atoms with Crippen LogP contribution in [0.3, 0.4) is 0 Å². The highest BCUT2D eigenvalue weighted by Gasteiger charge is 2.33. The number of amides is 2. The fourth-order valence-corrected chi connectivity index (χ4v) is 2.09. The van der Waals surface area contributed by atoms with Gasteiger partial charge in [0.2, 0.25) is 0 Å². The van der Waals surface area contributed by atoms with Crippen molar-refractivity contribution in [3.8, 4) is 0 Å². The van der Waals surface area contributed by atoms with E-state index in [1.807, 2.05) is 0 Å². The maximum atomic E-state index is 11.8. The van der Waals surface area contributed by atoms with Gasteiger partial charge in [0.15, 0.2) is 0 Å². The summed E-state index contributed by atoms with van der Waals surface area (Å²) in [6, 6.07) is -0.989. The zero-order valence-corrected chi connectivity index (χ0v) is 9.93. The largest absolute Gasteiger partial charge is 0.480 e. The first-order valence-electron chi connectivity index (χ1n) is 5.93. The number of carbonyl (C=O) groups excluding carboxylic acids is 1. The topological polar surface area (TPSA) is 98.3 Å². The molecule has 1 aromatic heterocycles. The van der Waals surface area contributed by atoms with Gasteiger partial charge in [0.1, 0.15) is 6.04 Å². The maximum Gasteiger partial charge on any atom is 0.326 e. The molecule has 1 aromatic rings. The van der Waals surface area contributed by atoms with Gasteiger partial charge in [0.25, 0.3) is 0 Å². The number of hydrogen-bond donors (Lipinski definition) is 3. The van der Waals surface area contributed by atoms with Crippen LogP contribution in [0.1, 0.15) is 18.5 Å². The molecule has 7 nitrogen and oxygen atoms in total. The fourth-order valence-electron chi connectivity index (χ4n) is 2.09. The lowest BCUT2D eigenvalue weighted by molar-refractivity contribution is -0.141. The molecule has 1 aliphatic rings. The van der Waals surface area contributed by atoms with Crippen molar-refractivity contribution in [1.82, 2.24) is 20.2 Å². The van der Waals surface area contributed by atoms with Crippen molar-refractivity contribution in [2.24, 2.45) is 0 Å². The minimum absolute atomic E-state index is 0.306. The Kier molecular flexibility index (Phi) is 3.81. The molecule has 0 spiro atoms. The van der Waals surface area contributed by atoms with Gasteiger partial charge < -0.3 is 20.3 Å². The molecular weight excluding hydrogens is 236 g/mol. The fraction of sp³-hybridized carbons (Fsp3) is 0.545. The quantitative estimate of drug-likeness (QED) is 0.713. The van der Waals surface area contributed by atoms with E-state index < -0.39 is 12.0 Å². The molecule has 7 heteroatoms. The van der Waals surface area contributed by atoms with Crippen molar-refractivity contribution in [3.05, 3.63) is 18.2 Å². The number of rotatable bonds is 4. The van der Waals surface area contributed by atoms with Crippen LogP contribution in [0.4, 0.5) is 4.79 Å². The summed E-state index contributed by atoms with van der Waals surface area (Å²) in [6.07, 6.45) is 5.20. The van der Waals surface area contributed by atoms with Gasteiger partial charge >= 0.3 is 12.0 Å². The highest BCUT2D eigenvalue weighted by molar-refractivity contribution is 5.83. The van der Waals surface area contributed by atoms with E-state index >= 15 is 0 Å². The third-order valence-electron chi connectivity index (χ3n) is 3.02. The zero-order chi connectivity index (χ0) is 13.0. The lowest BCUT2D eigenvalue weighted by Crippen LogP contribution is -2.46. The molecule has 2 rings (SSSR count). The normalized spacial score (nSPS) is 18.9. The maximum absolute atomic E-state index is 11.8. The Morgan fingerprint density at radius 3 is 3.11 bits per heavy atom. The molecule has 1 fully saturated rings. The van der Waals surface area contributed by atoms with Gasteiger partial charge in [-0.1, -0.05) is 0 Å². The van der Waals surface area contributed by atoms with Crippen LogP contribution in [-0.4, -0.2) is 51.1 Å². The minimum Gasteiger partial charge on any atom is -0.480 e. The number of H-pyrrole nitrogens is 1. The molecule has 0 aliphatic carbocycles. The molecule has 1 saturated heterocycles. The second kappa shape index (κ2) is 5.52. The van der Waals surface area contributed by atoms with Crippen LogP contribution in [0.5, 0.6) is 0 Å². The Labute approximate surface area is 104 Å². The van der Waals surface area contributed by atoms with E-state index in [9.17, 15) is 9.59 Å². The molecule has 3 N–H and O–H groups in total. The summed E-state index contributed by atoms with van der Waals surface area (Å²) in [5.41, 5.74) is 0.937. The number of aromatic nitrogens is 2. The molecule has 0 bridgehead atoms. The first kappa shape index (κ1) is 12.4. The summed E-state index contributed by atoms with van der Waals surface area (Å²) in [5.74, 6) is -0.934. The smallest absolute Gasteiger partial charge is 0.326 e. The van der Waals surface area contributed by atoms with Gasteiger partial charge in [0, 0.05) is 31.4 Å². The summed E-state index contributed by atoms with van der Waals surface area (Å²) in [5, 5.41) is 11.7. The van der Waals surface area contributed by atoms with Crippen molar-refractivity contribution in [2.75, 3.05) is 13.1 Å². The molecule has 0 radical (unpaired) electrons. The number of carboxylic acid groups (broad SMARTS) is 1. The van der Waals surface area contributed by atoms with Crippen LogP contribution in [-0.2, 0) is 11.2 Å². The third-order valence-corrected chi connectivity index (χ3v) is 3.02. The van der Waals surface area contributed by atoms with Gasteiger partial charge in [-0.25, -0.2) is 14.6 Å². The van der Waals surface area contributed by atoms with E-state index in [4.69, 9.17) is 5.11 Å². The predicted octanol–water partition coefficient (Wildman–Crippen LogP) is 0.211. The molecular formula is C11H16N4O3. The number of imidazole rings is 1. The first-order chi connectivity index (χ1) is 8.68. The average Bonchev–Trinajstić information content (AvgIpc) is 2.99. The Morgan fingerprint density at radius 1 is 1.61 bits per heavy atom. The van der Waals surface area contributed by atoms with Crippen LogP contribution < -0.4 is 5.32 Å². The second-order valence-electron chi connectivity index (χ2n) is 4.25. The molecule has 2 amide bonds. The number of carbonyl (C=O) groups is 2. The summed E-state index contributed by atoms with van der Waals surface area (Å²) < 4.78 is 0. The predicted molar refractivity (Wildman–Crippen MR) is 63.1 cm³/mol. The van der Waals surface area contributed by atoms with Gasteiger partial charge in [0.05, 0.1) is 6.33 Å². The monoisotopic (exact) mass is 252 g/mol. The number of urea groups is 1. The summed E-state index contributed by atoms with van der Waals surface area (Å²) in [7, 11) is 0. The number of nitrogens with one attached hydrogen (secondary N) is 2. The van der Waals surface area contributed by atoms with Crippen molar-refractivity contribution in [1.29, 1.82) is 0 Å². The Hall–Kier alpha value is -2.05. The van der Waals surface area contributed by atoms with E-state index in [1.54, 1.807) is 12.5 Å². The molecule has 0 unspecified atom stereocenters. The van der Waals surface area contributed by atoms with E-state index in [1.165, 1.54) is 4.90 Å². The molecule has 18 heavy (non-hydrogen) atoms. The average molecular weight is 252 g/mol. The molecule has 98 valence electrons. The molecule has 0 aromatic carbocycles. The summed E-state index contributed by atoms with van der Waals surface area (Å²) >= 11 is 0. The van der Waals surface area contributed by atoms with Crippen molar-refractivity contribution in [3.63, 3.8) is 0 Å². The molecule has 1 aliphatic heterocycles. The third kappa shape index (κ3) is 2.79. The van der Waals surface area contributed by atoms with E-state index in [0.29, 0.717) is 25.9 Å².